The molecule has 2 amide bonds. The Bertz CT molecular complexity index is 1090. The second-order valence-corrected chi connectivity index (χ2v) is 8.13. The highest BCUT2D eigenvalue weighted by Crippen LogP contribution is 2.24. The maximum absolute atomic E-state index is 12.8. The zero-order valence-electron chi connectivity index (χ0n) is 17.3. The number of imide groups is 1. The maximum Gasteiger partial charge on any atom is 0.329 e. The zero-order chi connectivity index (χ0) is 22.1. The number of imidazole rings is 1. The molecule has 0 spiro atoms. The van der Waals surface area contributed by atoms with Crippen LogP contribution in [0.1, 0.15) is 37.3 Å². The second kappa shape index (κ2) is 8.64. The number of piperidine rings is 1. The van der Waals surface area contributed by atoms with Gasteiger partial charge in [-0.1, -0.05) is 6.07 Å². The van der Waals surface area contributed by atoms with Crippen molar-refractivity contribution in [3.05, 3.63) is 34.2 Å². The Kier molecular flexibility index (Phi) is 5.92. The molecule has 31 heavy (non-hydrogen) atoms. The lowest BCUT2D eigenvalue weighted by atomic mass is 10.1. The number of rotatable bonds is 7. The summed E-state index contributed by atoms with van der Waals surface area (Å²) in [5, 5.41) is 14.2. The first-order valence-electron chi connectivity index (χ1n) is 10.5. The largest absolute Gasteiger partial charge is 0.480 e. The number of carboxylic acid groups (broad SMARTS) is 1. The molecule has 2 saturated heterocycles. The number of carbonyl (C=O) groups excluding carboxylic acids is 2. The molecule has 1 aromatic heterocycles. The number of aryl methyl sites for hydroxylation is 2. The van der Waals surface area contributed by atoms with Gasteiger partial charge in [-0.25, -0.2) is 4.79 Å². The zero-order valence-corrected chi connectivity index (χ0v) is 17.3. The van der Waals surface area contributed by atoms with Crippen molar-refractivity contribution in [2.45, 2.75) is 50.3 Å². The van der Waals surface area contributed by atoms with Crippen molar-refractivity contribution in [1.82, 2.24) is 19.8 Å². The summed E-state index contributed by atoms with van der Waals surface area (Å²) in [6, 6.07) is 4.48. The van der Waals surface area contributed by atoms with Gasteiger partial charge in [0.2, 0.25) is 11.8 Å². The van der Waals surface area contributed by atoms with Gasteiger partial charge in [-0.15, -0.1) is 0 Å². The van der Waals surface area contributed by atoms with Crippen molar-refractivity contribution in [3.8, 4) is 0 Å². The Morgan fingerprint density at radius 3 is 2.77 bits per heavy atom. The highest BCUT2D eigenvalue weighted by Gasteiger charge is 2.31. The molecule has 2 aliphatic heterocycles. The molecule has 2 aliphatic rings. The first-order chi connectivity index (χ1) is 14.8. The number of nitrogens with zero attached hydrogens (tertiary/aromatic N) is 2. The van der Waals surface area contributed by atoms with E-state index in [2.05, 4.69) is 10.6 Å². The van der Waals surface area contributed by atoms with E-state index in [4.69, 9.17) is 9.84 Å². The topological polar surface area (TPSA) is 132 Å². The van der Waals surface area contributed by atoms with E-state index in [-0.39, 0.29) is 24.1 Å². The molecular weight excluding hydrogens is 404 g/mol. The predicted molar refractivity (Wildman–Crippen MR) is 111 cm³/mol. The van der Waals surface area contributed by atoms with Crippen LogP contribution < -0.4 is 16.3 Å². The summed E-state index contributed by atoms with van der Waals surface area (Å²) in [5.74, 6) is -1.61. The van der Waals surface area contributed by atoms with E-state index in [9.17, 15) is 19.2 Å². The van der Waals surface area contributed by atoms with Crippen molar-refractivity contribution in [1.29, 1.82) is 0 Å². The predicted octanol–water partition coefficient (Wildman–Crippen LogP) is 0.0820. The average Bonchev–Trinajstić information content (AvgIpc) is 3.30. The normalized spacial score (nSPS) is 24.0. The standard InChI is InChI=1S/C21H26N4O6/c1-24-17-9-12(3-2-8-31-13-10-14(20(28)29)22-11-13)4-5-15(17)25(21(24)30)16-6-7-18(26)23-19(16)27/h4-5,9,13-14,16,22H,2-3,6-8,10-11H2,1H3,(H,28,29)(H,23,26,27)/t13-,14-,16?/m1/s1. The first-order valence-corrected chi connectivity index (χ1v) is 10.5. The molecule has 1 unspecified atom stereocenters. The lowest BCUT2D eigenvalue weighted by molar-refractivity contribution is -0.139. The summed E-state index contributed by atoms with van der Waals surface area (Å²) in [6.07, 6.45) is 2.41. The SMILES string of the molecule is Cn1c(=O)n(C2CCC(=O)NC2=O)c2ccc(CCCO[C@H]3CN[C@@H](C(=O)O)C3)cc21. The fraction of sp³-hybridized carbons (Fsp3) is 0.524. The van der Waals surface area contributed by atoms with Crippen LogP contribution in [0.3, 0.4) is 0 Å². The molecule has 3 atom stereocenters. The Balaban J connectivity index is 1.41. The third-order valence-electron chi connectivity index (χ3n) is 6.03. The molecule has 10 heteroatoms. The number of aliphatic carboxylic acids is 1. The van der Waals surface area contributed by atoms with Crippen molar-refractivity contribution in [2.75, 3.05) is 13.2 Å². The Hall–Kier alpha value is -2.98. The van der Waals surface area contributed by atoms with E-state index in [1.807, 2.05) is 18.2 Å². The number of carboxylic acids is 1. The molecule has 2 fully saturated rings. The molecule has 1 aromatic carbocycles. The third kappa shape index (κ3) is 4.26. The van der Waals surface area contributed by atoms with E-state index in [1.54, 1.807) is 7.05 Å². The number of hydrogen-bond acceptors (Lipinski definition) is 6. The van der Waals surface area contributed by atoms with Gasteiger partial charge in [0.05, 0.1) is 17.1 Å². The molecule has 3 heterocycles. The quantitative estimate of drug-likeness (QED) is 0.419. The molecule has 0 radical (unpaired) electrons. The van der Waals surface area contributed by atoms with Gasteiger partial charge in [-0.2, -0.15) is 0 Å². The lowest BCUT2D eigenvalue weighted by Crippen LogP contribution is -2.44. The molecule has 0 aliphatic carbocycles. The van der Waals surface area contributed by atoms with Crippen molar-refractivity contribution < 1.29 is 24.2 Å². The molecule has 3 N–H and O–H groups in total. The van der Waals surface area contributed by atoms with Crippen LogP contribution in [0.15, 0.2) is 23.0 Å². The van der Waals surface area contributed by atoms with Crippen molar-refractivity contribution in [2.24, 2.45) is 7.05 Å². The minimum Gasteiger partial charge on any atom is -0.480 e. The maximum atomic E-state index is 12.8. The number of fused-ring (bicyclic) bond motifs is 1. The minimum absolute atomic E-state index is 0.0908. The number of hydrogen-bond donors (Lipinski definition) is 3. The van der Waals surface area contributed by atoms with E-state index >= 15 is 0 Å². The van der Waals surface area contributed by atoms with Gasteiger partial charge in [-0.3, -0.25) is 28.8 Å². The Morgan fingerprint density at radius 1 is 1.26 bits per heavy atom. The second-order valence-electron chi connectivity index (χ2n) is 8.13. The van der Waals surface area contributed by atoms with E-state index < -0.39 is 24.0 Å². The molecular formula is C21H26N4O6. The van der Waals surface area contributed by atoms with Crippen LogP contribution in [-0.2, 0) is 32.6 Å². The van der Waals surface area contributed by atoms with Gasteiger partial charge >= 0.3 is 11.7 Å². The Labute approximate surface area is 178 Å². The van der Waals surface area contributed by atoms with Crippen LogP contribution in [0.25, 0.3) is 11.0 Å². The number of ether oxygens (including phenoxy) is 1. The fourth-order valence-corrected chi connectivity index (χ4v) is 4.34. The Morgan fingerprint density at radius 2 is 2.06 bits per heavy atom. The summed E-state index contributed by atoms with van der Waals surface area (Å²) in [5.41, 5.74) is 2.16. The molecule has 10 nitrogen and oxygen atoms in total. The third-order valence-corrected chi connectivity index (χ3v) is 6.03. The van der Waals surface area contributed by atoms with E-state index in [0.717, 1.165) is 23.9 Å². The van der Waals surface area contributed by atoms with Crippen LogP contribution >= 0.6 is 0 Å². The van der Waals surface area contributed by atoms with Crippen molar-refractivity contribution in [3.63, 3.8) is 0 Å². The summed E-state index contributed by atoms with van der Waals surface area (Å²) in [4.78, 5) is 47.5. The molecule has 2 aromatic rings. The van der Waals surface area contributed by atoms with Gasteiger partial charge in [0.1, 0.15) is 12.1 Å². The van der Waals surface area contributed by atoms with Crippen LogP contribution in [0, 0.1) is 0 Å². The van der Waals surface area contributed by atoms with Gasteiger partial charge in [0, 0.05) is 33.0 Å². The molecule has 0 bridgehead atoms. The van der Waals surface area contributed by atoms with E-state index in [0.29, 0.717) is 31.5 Å². The number of amides is 2. The number of benzene rings is 1. The molecule has 4 rings (SSSR count). The number of carbonyl (C=O) groups is 3. The van der Waals surface area contributed by atoms with Gasteiger partial charge in [-0.05, 0) is 37.0 Å². The highest BCUT2D eigenvalue weighted by molar-refractivity contribution is 6.00. The summed E-state index contributed by atoms with van der Waals surface area (Å²) < 4.78 is 8.77. The minimum atomic E-state index is -0.853. The summed E-state index contributed by atoms with van der Waals surface area (Å²) in [7, 11) is 1.67. The highest BCUT2D eigenvalue weighted by atomic mass is 16.5. The lowest BCUT2D eigenvalue weighted by Gasteiger charge is -2.21. The van der Waals surface area contributed by atoms with Gasteiger partial charge in [0.25, 0.3) is 0 Å². The van der Waals surface area contributed by atoms with Crippen LogP contribution in [0.4, 0.5) is 0 Å². The van der Waals surface area contributed by atoms with Crippen molar-refractivity contribution >= 4 is 28.8 Å². The van der Waals surface area contributed by atoms with Crippen LogP contribution in [0.5, 0.6) is 0 Å². The fourth-order valence-electron chi connectivity index (χ4n) is 4.34. The van der Waals surface area contributed by atoms with Gasteiger partial charge in [0.15, 0.2) is 0 Å². The first kappa shape index (κ1) is 21.3. The van der Waals surface area contributed by atoms with E-state index in [1.165, 1.54) is 9.13 Å². The van der Waals surface area contributed by atoms with Crippen LogP contribution in [-0.4, -0.2) is 57.3 Å². The smallest absolute Gasteiger partial charge is 0.329 e. The summed E-state index contributed by atoms with van der Waals surface area (Å²) in [6.45, 7) is 1.06. The monoisotopic (exact) mass is 430 g/mol. The molecule has 166 valence electrons. The summed E-state index contributed by atoms with van der Waals surface area (Å²) >= 11 is 0. The molecule has 0 saturated carbocycles. The number of nitrogens with one attached hydrogen (secondary N) is 2. The average molecular weight is 430 g/mol. The number of aromatic nitrogens is 2. The van der Waals surface area contributed by atoms with Gasteiger partial charge < -0.3 is 15.2 Å². The van der Waals surface area contributed by atoms with Crippen LogP contribution in [0.2, 0.25) is 0 Å².